The molecule has 0 unspecified atom stereocenters. The molecular formula is C16H11BO2. The first-order valence-corrected chi connectivity index (χ1v) is 6.31. The third-order valence-electron chi connectivity index (χ3n) is 3.64. The zero-order valence-electron chi connectivity index (χ0n) is 10.3. The fourth-order valence-corrected chi connectivity index (χ4v) is 2.76. The van der Waals surface area contributed by atoms with Crippen LogP contribution in [0.1, 0.15) is 0 Å². The van der Waals surface area contributed by atoms with E-state index in [2.05, 4.69) is 24.3 Å². The molecule has 3 heteroatoms. The molecule has 90 valence electrons. The predicted molar refractivity (Wildman–Crippen MR) is 80.2 cm³/mol. The van der Waals surface area contributed by atoms with Crippen LogP contribution in [0.3, 0.4) is 0 Å². The number of hydrogen-bond acceptors (Lipinski definition) is 2. The Bertz CT molecular complexity index is 908. The van der Waals surface area contributed by atoms with Gasteiger partial charge in [-0.15, -0.1) is 0 Å². The van der Waals surface area contributed by atoms with Gasteiger partial charge in [0.05, 0.1) is 0 Å². The van der Waals surface area contributed by atoms with Crippen molar-refractivity contribution in [1.82, 2.24) is 0 Å². The summed E-state index contributed by atoms with van der Waals surface area (Å²) in [7, 11) is 0.0266. The van der Waals surface area contributed by atoms with Gasteiger partial charge in [-0.3, -0.25) is 0 Å². The van der Waals surface area contributed by atoms with Gasteiger partial charge < -0.3 is 9.44 Å². The highest BCUT2D eigenvalue weighted by atomic mass is 16.3. The molecule has 0 aliphatic rings. The summed E-state index contributed by atoms with van der Waals surface area (Å²) in [5, 5.41) is 13.8. The molecule has 0 spiro atoms. The van der Waals surface area contributed by atoms with E-state index in [1.54, 1.807) is 0 Å². The molecule has 0 aliphatic heterocycles. The maximum Gasteiger partial charge on any atom is 0.305 e. The van der Waals surface area contributed by atoms with E-state index in [1.165, 1.54) is 5.39 Å². The van der Waals surface area contributed by atoms with Crippen LogP contribution in [0.4, 0.5) is 0 Å². The van der Waals surface area contributed by atoms with Crippen LogP contribution in [0.15, 0.2) is 59.0 Å². The van der Waals surface area contributed by atoms with Crippen molar-refractivity contribution < 1.29 is 9.44 Å². The van der Waals surface area contributed by atoms with Gasteiger partial charge in [0.1, 0.15) is 11.2 Å². The maximum atomic E-state index is 9.49. The average Bonchev–Trinajstić information content (AvgIpc) is 2.86. The molecule has 4 aromatic rings. The SMILES string of the molecule is OBc1cccc2oc3c4ccccc4ccc3c12. The van der Waals surface area contributed by atoms with E-state index < -0.39 is 0 Å². The van der Waals surface area contributed by atoms with Gasteiger partial charge in [-0.25, -0.2) is 0 Å². The summed E-state index contributed by atoms with van der Waals surface area (Å²) >= 11 is 0. The van der Waals surface area contributed by atoms with Crippen LogP contribution in [-0.2, 0) is 0 Å². The Kier molecular flexibility index (Phi) is 2.17. The lowest BCUT2D eigenvalue weighted by molar-refractivity contribution is 0.615. The summed E-state index contributed by atoms with van der Waals surface area (Å²) in [6, 6.07) is 18.2. The van der Waals surface area contributed by atoms with Crippen molar-refractivity contribution >= 4 is 45.7 Å². The van der Waals surface area contributed by atoms with Gasteiger partial charge in [-0.2, -0.15) is 0 Å². The van der Waals surface area contributed by atoms with Gasteiger partial charge >= 0.3 is 7.48 Å². The molecule has 3 aromatic carbocycles. The zero-order valence-corrected chi connectivity index (χ0v) is 10.3. The second kappa shape index (κ2) is 3.87. The first-order chi connectivity index (χ1) is 9.38. The van der Waals surface area contributed by atoms with E-state index in [0.29, 0.717) is 0 Å². The summed E-state index contributed by atoms with van der Waals surface area (Å²) in [5.41, 5.74) is 2.64. The van der Waals surface area contributed by atoms with Gasteiger partial charge in [0.2, 0.25) is 0 Å². The second-order valence-corrected chi connectivity index (χ2v) is 4.71. The molecule has 1 heterocycles. The molecule has 1 N–H and O–H groups in total. The van der Waals surface area contributed by atoms with Gasteiger partial charge in [0, 0.05) is 16.2 Å². The summed E-state index contributed by atoms with van der Waals surface area (Å²) < 4.78 is 6.00. The molecule has 0 amide bonds. The van der Waals surface area contributed by atoms with E-state index in [-0.39, 0.29) is 7.48 Å². The van der Waals surface area contributed by atoms with E-state index in [4.69, 9.17) is 4.42 Å². The second-order valence-electron chi connectivity index (χ2n) is 4.71. The minimum atomic E-state index is 0.0266. The summed E-state index contributed by atoms with van der Waals surface area (Å²) in [5.74, 6) is 0. The van der Waals surface area contributed by atoms with Crippen molar-refractivity contribution in [3.8, 4) is 0 Å². The fourth-order valence-electron chi connectivity index (χ4n) is 2.76. The topological polar surface area (TPSA) is 33.4 Å². The number of hydrogen-bond donors (Lipinski definition) is 1. The van der Waals surface area contributed by atoms with E-state index in [9.17, 15) is 5.02 Å². The molecule has 19 heavy (non-hydrogen) atoms. The van der Waals surface area contributed by atoms with Crippen LogP contribution in [0.25, 0.3) is 32.7 Å². The Morgan fingerprint density at radius 1 is 0.842 bits per heavy atom. The van der Waals surface area contributed by atoms with Crippen LogP contribution >= 0.6 is 0 Å². The number of benzene rings is 3. The third-order valence-corrected chi connectivity index (χ3v) is 3.64. The molecule has 0 aliphatic carbocycles. The van der Waals surface area contributed by atoms with Crippen molar-refractivity contribution in [2.24, 2.45) is 0 Å². The van der Waals surface area contributed by atoms with Crippen LogP contribution in [-0.4, -0.2) is 12.5 Å². The summed E-state index contributed by atoms with van der Waals surface area (Å²) in [6.07, 6.45) is 0. The number of rotatable bonds is 1. The summed E-state index contributed by atoms with van der Waals surface area (Å²) in [4.78, 5) is 0. The van der Waals surface area contributed by atoms with Gasteiger partial charge in [-0.1, -0.05) is 42.5 Å². The van der Waals surface area contributed by atoms with Crippen LogP contribution in [0.2, 0.25) is 0 Å². The van der Waals surface area contributed by atoms with Crippen molar-refractivity contribution in [1.29, 1.82) is 0 Å². The predicted octanol–water partition coefficient (Wildman–Crippen LogP) is 2.71. The molecule has 2 nitrogen and oxygen atoms in total. The smallest absolute Gasteiger partial charge is 0.305 e. The lowest BCUT2D eigenvalue weighted by Crippen LogP contribution is -2.13. The van der Waals surface area contributed by atoms with E-state index in [0.717, 1.165) is 32.8 Å². The lowest BCUT2D eigenvalue weighted by Gasteiger charge is -1.98. The highest BCUT2D eigenvalue weighted by Gasteiger charge is 2.12. The van der Waals surface area contributed by atoms with E-state index >= 15 is 0 Å². The molecule has 0 bridgehead atoms. The molecule has 0 atom stereocenters. The third kappa shape index (κ3) is 1.42. The van der Waals surface area contributed by atoms with Crippen molar-refractivity contribution in [3.05, 3.63) is 54.6 Å². The number of furan rings is 1. The molecule has 0 fully saturated rings. The average molecular weight is 246 g/mol. The minimum absolute atomic E-state index is 0.0266. The summed E-state index contributed by atoms with van der Waals surface area (Å²) in [6.45, 7) is 0. The number of fused-ring (bicyclic) bond motifs is 5. The van der Waals surface area contributed by atoms with Crippen molar-refractivity contribution in [2.45, 2.75) is 0 Å². The molecule has 0 saturated carbocycles. The largest absolute Gasteiger partial charge is 0.455 e. The van der Waals surface area contributed by atoms with Crippen molar-refractivity contribution in [3.63, 3.8) is 0 Å². The fraction of sp³-hybridized carbons (Fsp3) is 0. The highest BCUT2D eigenvalue weighted by molar-refractivity contribution is 6.51. The first-order valence-electron chi connectivity index (χ1n) is 6.31. The van der Waals surface area contributed by atoms with Crippen LogP contribution in [0.5, 0.6) is 0 Å². The van der Waals surface area contributed by atoms with Gasteiger partial charge in [0.15, 0.2) is 0 Å². The molecule has 0 radical (unpaired) electrons. The van der Waals surface area contributed by atoms with Crippen LogP contribution < -0.4 is 5.46 Å². The Hall–Kier alpha value is -2.26. The highest BCUT2D eigenvalue weighted by Crippen LogP contribution is 2.32. The van der Waals surface area contributed by atoms with Gasteiger partial charge in [-0.05, 0) is 23.0 Å². The van der Waals surface area contributed by atoms with Crippen molar-refractivity contribution in [2.75, 3.05) is 0 Å². The Morgan fingerprint density at radius 2 is 1.74 bits per heavy atom. The Morgan fingerprint density at radius 3 is 2.63 bits per heavy atom. The zero-order chi connectivity index (χ0) is 12.8. The molecule has 0 saturated heterocycles. The standard InChI is InChI=1S/C16H11BO2/c18-17-13-6-3-7-14-15(13)12-9-8-10-4-1-2-5-11(10)16(12)19-14/h1-9,17-18H. The van der Waals surface area contributed by atoms with Crippen LogP contribution in [0, 0.1) is 0 Å². The molecule has 4 rings (SSSR count). The Labute approximate surface area is 110 Å². The maximum absolute atomic E-state index is 9.49. The Balaban J connectivity index is 2.28. The van der Waals surface area contributed by atoms with E-state index in [1.807, 2.05) is 30.3 Å². The first kappa shape index (κ1) is 10.6. The molecule has 1 aromatic heterocycles. The normalized spacial score (nSPS) is 11.4. The molecular weight excluding hydrogens is 235 g/mol. The quantitative estimate of drug-likeness (QED) is 0.524. The minimum Gasteiger partial charge on any atom is -0.455 e. The monoisotopic (exact) mass is 246 g/mol. The van der Waals surface area contributed by atoms with Gasteiger partial charge in [0.25, 0.3) is 0 Å². The lowest BCUT2D eigenvalue weighted by atomic mass is 9.85.